The number of likely N-dealkylation sites (tertiary alicyclic amines) is 1. The minimum absolute atomic E-state index is 0.0956. The molecular weight excluding hydrogens is 329 g/mol. The predicted octanol–water partition coefficient (Wildman–Crippen LogP) is 4.51. The number of benzene rings is 1. The van der Waals surface area contributed by atoms with E-state index in [9.17, 15) is 18.0 Å². The van der Waals surface area contributed by atoms with Crippen LogP contribution in [0, 0.1) is 19.8 Å². The van der Waals surface area contributed by atoms with E-state index >= 15 is 0 Å². The van der Waals surface area contributed by atoms with Crippen LogP contribution in [0.3, 0.4) is 0 Å². The Morgan fingerprint density at radius 1 is 1.04 bits per heavy atom. The third kappa shape index (κ3) is 3.57. The maximum Gasteiger partial charge on any atom is 0.393 e. The second-order valence-electron chi connectivity index (χ2n) is 6.63. The van der Waals surface area contributed by atoms with Gasteiger partial charge in [0, 0.05) is 35.7 Å². The van der Waals surface area contributed by atoms with Crippen LogP contribution in [-0.2, 0) is 0 Å². The Labute approximate surface area is 145 Å². The van der Waals surface area contributed by atoms with Gasteiger partial charge in [-0.25, -0.2) is 0 Å². The molecule has 1 fully saturated rings. The number of hydrogen-bond donors (Lipinski definition) is 0. The standard InChI is InChI=1S/C19H21F3N2O/c1-13-5-6-14(2)24(13)17-9-7-15(8-10-17)18(25)23-11-3-4-16(12-23)19(20,21)22/h5-10,16H,3-4,11-12H2,1-2H3. The summed E-state index contributed by atoms with van der Waals surface area (Å²) in [5.74, 6) is -1.75. The molecule has 1 atom stereocenters. The maximum atomic E-state index is 12.9. The van der Waals surface area contributed by atoms with Crippen LogP contribution in [0.4, 0.5) is 13.2 Å². The van der Waals surface area contributed by atoms with Gasteiger partial charge in [-0.05, 0) is 63.1 Å². The molecule has 6 heteroatoms. The van der Waals surface area contributed by atoms with Gasteiger partial charge in [0.15, 0.2) is 0 Å². The van der Waals surface area contributed by atoms with Crippen molar-refractivity contribution < 1.29 is 18.0 Å². The van der Waals surface area contributed by atoms with Crippen LogP contribution >= 0.6 is 0 Å². The highest BCUT2D eigenvalue weighted by Gasteiger charge is 2.42. The first-order valence-electron chi connectivity index (χ1n) is 8.39. The quantitative estimate of drug-likeness (QED) is 0.782. The van der Waals surface area contributed by atoms with Crippen molar-refractivity contribution >= 4 is 5.91 Å². The molecule has 1 amide bonds. The monoisotopic (exact) mass is 350 g/mol. The van der Waals surface area contributed by atoms with Crippen LogP contribution in [0.1, 0.15) is 34.6 Å². The largest absolute Gasteiger partial charge is 0.393 e. The van der Waals surface area contributed by atoms with Gasteiger partial charge in [-0.2, -0.15) is 13.2 Å². The molecule has 134 valence electrons. The number of aryl methyl sites for hydroxylation is 2. The van der Waals surface area contributed by atoms with Gasteiger partial charge in [0.2, 0.25) is 0 Å². The molecule has 0 spiro atoms. The first-order valence-corrected chi connectivity index (χ1v) is 8.39. The molecule has 0 aliphatic carbocycles. The number of nitrogens with zero attached hydrogens (tertiary/aromatic N) is 2. The second kappa shape index (κ2) is 6.58. The summed E-state index contributed by atoms with van der Waals surface area (Å²) in [7, 11) is 0. The summed E-state index contributed by atoms with van der Waals surface area (Å²) < 4.78 is 40.8. The number of rotatable bonds is 2. The van der Waals surface area contributed by atoms with Gasteiger partial charge in [0.25, 0.3) is 5.91 Å². The van der Waals surface area contributed by atoms with Gasteiger partial charge < -0.3 is 9.47 Å². The number of carbonyl (C=O) groups is 1. The van der Waals surface area contributed by atoms with E-state index in [4.69, 9.17) is 0 Å². The Morgan fingerprint density at radius 2 is 1.64 bits per heavy atom. The SMILES string of the molecule is Cc1ccc(C)n1-c1ccc(C(=O)N2CCCC(C(F)(F)F)C2)cc1. The number of halogens is 3. The fourth-order valence-electron chi connectivity index (χ4n) is 3.44. The van der Waals surface area contributed by atoms with Gasteiger partial charge in [-0.3, -0.25) is 4.79 Å². The van der Waals surface area contributed by atoms with E-state index in [-0.39, 0.29) is 18.9 Å². The van der Waals surface area contributed by atoms with Gasteiger partial charge >= 0.3 is 6.18 Å². The van der Waals surface area contributed by atoms with Crippen molar-refractivity contribution in [2.45, 2.75) is 32.9 Å². The Morgan fingerprint density at radius 3 is 2.20 bits per heavy atom. The summed E-state index contributed by atoms with van der Waals surface area (Å²) in [5, 5.41) is 0. The molecule has 2 heterocycles. The summed E-state index contributed by atoms with van der Waals surface area (Å²) in [4.78, 5) is 13.9. The lowest BCUT2D eigenvalue weighted by atomic mass is 9.97. The zero-order chi connectivity index (χ0) is 18.2. The summed E-state index contributed by atoms with van der Waals surface area (Å²) in [6.07, 6.45) is -3.76. The molecule has 0 N–H and O–H groups in total. The summed E-state index contributed by atoms with van der Waals surface area (Å²) in [5.41, 5.74) is 3.53. The number of amides is 1. The lowest BCUT2D eigenvalue weighted by molar-refractivity contribution is -0.184. The maximum absolute atomic E-state index is 12.9. The lowest BCUT2D eigenvalue weighted by Gasteiger charge is -2.33. The predicted molar refractivity (Wildman–Crippen MR) is 89.9 cm³/mol. The Kier molecular flexibility index (Phi) is 4.62. The first kappa shape index (κ1) is 17.6. The average molecular weight is 350 g/mol. The third-order valence-electron chi connectivity index (χ3n) is 4.82. The van der Waals surface area contributed by atoms with Crippen LogP contribution in [-0.4, -0.2) is 34.6 Å². The molecule has 1 aliphatic heterocycles. The van der Waals surface area contributed by atoms with E-state index < -0.39 is 12.1 Å². The molecule has 0 bridgehead atoms. The van der Waals surface area contributed by atoms with Crippen LogP contribution in [0.15, 0.2) is 36.4 Å². The van der Waals surface area contributed by atoms with Crippen molar-refractivity contribution in [1.29, 1.82) is 0 Å². The van der Waals surface area contributed by atoms with E-state index in [0.717, 1.165) is 17.1 Å². The molecule has 1 unspecified atom stereocenters. The molecule has 1 aromatic heterocycles. The summed E-state index contributed by atoms with van der Waals surface area (Å²) in [6.45, 7) is 4.12. The van der Waals surface area contributed by atoms with Crippen molar-refractivity contribution in [3.8, 4) is 5.69 Å². The molecule has 25 heavy (non-hydrogen) atoms. The van der Waals surface area contributed by atoms with Crippen LogP contribution in [0.5, 0.6) is 0 Å². The number of piperidine rings is 1. The highest BCUT2D eigenvalue weighted by atomic mass is 19.4. The second-order valence-corrected chi connectivity index (χ2v) is 6.63. The average Bonchev–Trinajstić information content (AvgIpc) is 2.92. The zero-order valence-corrected chi connectivity index (χ0v) is 14.3. The minimum Gasteiger partial charge on any atom is -0.338 e. The van der Waals surface area contributed by atoms with E-state index in [1.165, 1.54) is 4.90 Å². The number of carbonyl (C=O) groups excluding carboxylic acids is 1. The zero-order valence-electron chi connectivity index (χ0n) is 14.3. The van der Waals surface area contributed by atoms with Gasteiger partial charge in [-0.15, -0.1) is 0 Å². The van der Waals surface area contributed by atoms with Crippen molar-refractivity contribution in [1.82, 2.24) is 9.47 Å². The van der Waals surface area contributed by atoms with Crippen LogP contribution < -0.4 is 0 Å². The van der Waals surface area contributed by atoms with Crippen molar-refractivity contribution in [2.24, 2.45) is 5.92 Å². The number of aromatic nitrogens is 1. The minimum atomic E-state index is -4.24. The normalized spacial score (nSPS) is 18.4. The fraction of sp³-hybridized carbons (Fsp3) is 0.421. The third-order valence-corrected chi connectivity index (χ3v) is 4.82. The van der Waals surface area contributed by atoms with E-state index in [2.05, 4.69) is 4.57 Å². The molecular formula is C19H21F3N2O. The van der Waals surface area contributed by atoms with Crippen LogP contribution in [0.25, 0.3) is 5.69 Å². The molecule has 3 rings (SSSR count). The molecule has 3 nitrogen and oxygen atoms in total. The van der Waals surface area contributed by atoms with E-state index in [1.807, 2.05) is 38.1 Å². The van der Waals surface area contributed by atoms with Crippen molar-refractivity contribution in [3.63, 3.8) is 0 Å². The number of hydrogen-bond acceptors (Lipinski definition) is 1. The highest BCUT2D eigenvalue weighted by molar-refractivity contribution is 5.94. The number of alkyl halides is 3. The van der Waals surface area contributed by atoms with E-state index in [1.54, 1.807) is 12.1 Å². The molecule has 1 saturated heterocycles. The lowest BCUT2D eigenvalue weighted by Crippen LogP contribution is -2.44. The van der Waals surface area contributed by atoms with E-state index in [0.29, 0.717) is 18.5 Å². The molecule has 0 saturated carbocycles. The Balaban J connectivity index is 1.77. The Bertz CT molecular complexity index is 742. The van der Waals surface area contributed by atoms with Gasteiger partial charge in [0.1, 0.15) is 0 Å². The Hall–Kier alpha value is -2.24. The van der Waals surface area contributed by atoms with Gasteiger partial charge in [-0.1, -0.05) is 0 Å². The summed E-state index contributed by atoms with van der Waals surface area (Å²) >= 11 is 0. The molecule has 2 aromatic rings. The van der Waals surface area contributed by atoms with Crippen LogP contribution in [0.2, 0.25) is 0 Å². The first-order chi connectivity index (χ1) is 11.8. The van der Waals surface area contributed by atoms with Crippen molar-refractivity contribution in [2.75, 3.05) is 13.1 Å². The van der Waals surface area contributed by atoms with Gasteiger partial charge in [0.05, 0.1) is 5.92 Å². The molecule has 0 radical (unpaired) electrons. The summed E-state index contributed by atoms with van der Waals surface area (Å²) in [6, 6.07) is 11.1. The highest BCUT2D eigenvalue weighted by Crippen LogP contribution is 2.33. The fourth-order valence-corrected chi connectivity index (χ4v) is 3.44. The smallest absolute Gasteiger partial charge is 0.338 e. The van der Waals surface area contributed by atoms with Crippen molar-refractivity contribution in [3.05, 3.63) is 53.3 Å². The topological polar surface area (TPSA) is 25.2 Å². The molecule has 1 aromatic carbocycles. The molecule has 1 aliphatic rings.